The van der Waals surface area contributed by atoms with E-state index in [1.165, 1.54) is 4.90 Å². The van der Waals surface area contributed by atoms with Crippen LogP contribution in [0.5, 0.6) is 0 Å². The molecule has 2 rings (SSSR count). The highest BCUT2D eigenvalue weighted by Gasteiger charge is 2.36. The molecule has 0 amide bonds. The Morgan fingerprint density at radius 2 is 1.95 bits per heavy atom. The van der Waals surface area contributed by atoms with E-state index in [1.807, 2.05) is 6.92 Å². The molecule has 3 nitrogen and oxygen atoms in total. The van der Waals surface area contributed by atoms with Gasteiger partial charge in [0.1, 0.15) is 0 Å². The van der Waals surface area contributed by atoms with Crippen LogP contribution >= 0.6 is 0 Å². The van der Waals surface area contributed by atoms with E-state index in [0.29, 0.717) is 18.8 Å². The standard InChI is InChI=1S/C14H25F3N2OS/c1-2-21(20)13-6-4-3-5-12(13)18-11-7-8-19(9-11)10-14(15,16)17/h11-13,18H,2-10H2,1H3/t11-,12+,13-,21-/m1/s1. The Balaban J connectivity index is 1.85. The fourth-order valence-electron chi connectivity index (χ4n) is 3.48. The van der Waals surface area contributed by atoms with Crippen molar-refractivity contribution in [1.82, 2.24) is 10.2 Å². The number of halogens is 3. The molecule has 0 bridgehead atoms. The fraction of sp³-hybridized carbons (Fsp3) is 1.00. The zero-order valence-electron chi connectivity index (χ0n) is 12.5. The third-order valence-electron chi connectivity index (χ3n) is 4.45. The summed E-state index contributed by atoms with van der Waals surface area (Å²) in [5.74, 6) is 0.660. The molecule has 2 fully saturated rings. The van der Waals surface area contributed by atoms with Gasteiger partial charge in [0.25, 0.3) is 0 Å². The van der Waals surface area contributed by atoms with E-state index >= 15 is 0 Å². The molecule has 1 N–H and O–H groups in total. The van der Waals surface area contributed by atoms with Crippen molar-refractivity contribution in [3.63, 3.8) is 0 Å². The normalized spacial score (nSPS) is 33.2. The molecular formula is C14H25F3N2OS. The first kappa shape index (κ1) is 17.2. The molecule has 1 aliphatic carbocycles. The fourth-order valence-corrected chi connectivity index (χ4v) is 4.92. The van der Waals surface area contributed by atoms with Crippen molar-refractivity contribution >= 4 is 10.8 Å². The lowest BCUT2D eigenvalue weighted by atomic mass is 9.94. The van der Waals surface area contributed by atoms with Crippen molar-refractivity contribution in [2.45, 2.75) is 62.5 Å². The summed E-state index contributed by atoms with van der Waals surface area (Å²) in [6, 6.07) is 0.308. The summed E-state index contributed by atoms with van der Waals surface area (Å²) < 4.78 is 49.3. The summed E-state index contributed by atoms with van der Waals surface area (Å²) >= 11 is 0. The minimum atomic E-state index is -4.12. The van der Waals surface area contributed by atoms with Crippen LogP contribution in [0.3, 0.4) is 0 Å². The summed E-state index contributed by atoms with van der Waals surface area (Å²) in [4.78, 5) is 1.46. The topological polar surface area (TPSA) is 32.3 Å². The molecular weight excluding hydrogens is 301 g/mol. The number of nitrogens with one attached hydrogen (secondary N) is 1. The van der Waals surface area contributed by atoms with Crippen molar-refractivity contribution in [1.29, 1.82) is 0 Å². The van der Waals surface area contributed by atoms with Crippen LogP contribution in [0.25, 0.3) is 0 Å². The Morgan fingerprint density at radius 3 is 2.62 bits per heavy atom. The average molecular weight is 326 g/mol. The van der Waals surface area contributed by atoms with E-state index in [-0.39, 0.29) is 17.3 Å². The van der Waals surface area contributed by atoms with Gasteiger partial charge in [0.15, 0.2) is 0 Å². The molecule has 0 unspecified atom stereocenters. The van der Waals surface area contributed by atoms with Crippen LogP contribution in [0, 0.1) is 0 Å². The van der Waals surface area contributed by atoms with Crippen molar-refractivity contribution in [3.05, 3.63) is 0 Å². The first-order valence-corrected chi connectivity index (χ1v) is 9.19. The summed E-state index contributed by atoms with van der Waals surface area (Å²) in [5, 5.41) is 3.66. The van der Waals surface area contributed by atoms with Crippen LogP contribution < -0.4 is 5.32 Å². The van der Waals surface area contributed by atoms with E-state index in [2.05, 4.69) is 5.32 Å². The lowest BCUT2D eigenvalue weighted by Crippen LogP contribution is -2.50. The molecule has 1 aliphatic heterocycles. The first-order valence-electron chi connectivity index (χ1n) is 7.81. The second-order valence-electron chi connectivity index (χ2n) is 6.10. The smallest absolute Gasteiger partial charge is 0.309 e. The molecule has 0 spiro atoms. The van der Waals surface area contributed by atoms with Gasteiger partial charge >= 0.3 is 6.18 Å². The maximum atomic E-state index is 12.4. The average Bonchev–Trinajstić information content (AvgIpc) is 2.83. The Hall–Kier alpha value is -0.140. The van der Waals surface area contributed by atoms with Gasteiger partial charge in [-0.15, -0.1) is 0 Å². The minimum absolute atomic E-state index is 0.104. The largest absolute Gasteiger partial charge is 0.401 e. The van der Waals surface area contributed by atoms with Gasteiger partial charge in [-0.3, -0.25) is 9.11 Å². The van der Waals surface area contributed by atoms with E-state index in [0.717, 1.165) is 32.1 Å². The second kappa shape index (κ2) is 7.42. The van der Waals surface area contributed by atoms with Crippen LogP contribution in [0.4, 0.5) is 13.2 Å². The number of hydrogen-bond acceptors (Lipinski definition) is 3. The Kier molecular flexibility index (Phi) is 6.08. The third-order valence-corrected chi connectivity index (χ3v) is 6.26. The van der Waals surface area contributed by atoms with E-state index < -0.39 is 23.5 Å². The minimum Gasteiger partial charge on any atom is -0.309 e. The quantitative estimate of drug-likeness (QED) is 0.841. The lowest BCUT2D eigenvalue weighted by molar-refractivity contribution is -0.143. The van der Waals surface area contributed by atoms with Crippen LogP contribution in [-0.4, -0.2) is 58.0 Å². The van der Waals surface area contributed by atoms with Crippen LogP contribution in [0.15, 0.2) is 0 Å². The SMILES string of the molecule is CC[S@@](=O)[C@@H]1CCCC[C@@H]1N[C@@H]1CCN(CC(F)(F)F)C1. The van der Waals surface area contributed by atoms with Crippen molar-refractivity contribution in [2.75, 3.05) is 25.4 Å². The zero-order chi connectivity index (χ0) is 15.5. The highest BCUT2D eigenvalue weighted by molar-refractivity contribution is 7.85. The molecule has 7 heteroatoms. The molecule has 21 heavy (non-hydrogen) atoms. The molecule has 1 saturated heterocycles. The van der Waals surface area contributed by atoms with Gasteiger partial charge in [-0.25, -0.2) is 0 Å². The van der Waals surface area contributed by atoms with Crippen molar-refractivity contribution < 1.29 is 17.4 Å². The van der Waals surface area contributed by atoms with Gasteiger partial charge in [-0.2, -0.15) is 13.2 Å². The van der Waals surface area contributed by atoms with Crippen molar-refractivity contribution in [3.8, 4) is 0 Å². The van der Waals surface area contributed by atoms with E-state index in [4.69, 9.17) is 0 Å². The van der Waals surface area contributed by atoms with Gasteiger partial charge < -0.3 is 5.32 Å². The van der Waals surface area contributed by atoms with Gasteiger partial charge in [-0.1, -0.05) is 19.8 Å². The van der Waals surface area contributed by atoms with Crippen LogP contribution in [0.1, 0.15) is 39.0 Å². The molecule has 0 aromatic heterocycles. The van der Waals surface area contributed by atoms with Gasteiger partial charge in [0.05, 0.1) is 11.8 Å². The molecule has 0 aromatic carbocycles. The second-order valence-corrected chi connectivity index (χ2v) is 8.05. The predicted molar refractivity (Wildman–Crippen MR) is 78.8 cm³/mol. The Morgan fingerprint density at radius 1 is 1.24 bits per heavy atom. The van der Waals surface area contributed by atoms with Gasteiger partial charge in [-0.05, 0) is 19.3 Å². The molecule has 124 valence electrons. The summed E-state index contributed by atoms with van der Waals surface area (Å²) in [7, 11) is -0.824. The van der Waals surface area contributed by atoms with Gasteiger partial charge in [0.2, 0.25) is 0 Å². The molecule has 1 saturated carbocycles. The highest BCUT2D eigenvalue weighted by Crippen LogP contribution is 2.25. The van der Waals surface area contributed by atoms with Crippen LogP contribution in [-0.2, 0) is 10.8 Å². The third kappa shape index (κ3) is 5.21. The maximum absolute atomic E-state index is 12.4. The highest BCUT2D eigenvalue weighted by atomic mass is 32.2. The number of rotatable bonds is 5. The van der Waals surface area contributed by atoms with Crippen molar-refractivity contribution in [2.24, 2.45) is 0 Å². The van der Waals surface area contributed by atoms with E-state index in [1.54, 1.807) is 0 Å². The molecule has 4 atom stereocenters. The number of hydrogen-bond donors (Lipinski definition) is 1. The maximum Gasteiger partial charge on any atom is 0.401 e. The molecule has 2 aliphatic rings. The number of likely N-dealkylation sites (tertiary alicyclic amines) is 1. The summed E-state index contributed by atoms with van der Waals surface area (Å²) in [5.41, 5.74) is 0. The molecule has 0 aromatic rings. The molecule has 1 heterocycles. The zero-order valence-corrected chi connectivity index (χ0v) is 13.3. The number of alkyl halides is 3. The number of nitrogens with zero attached hydrogens (tertiary/aromatic N) is 1. The Labute approximate surface area is 127 Å². The monoisotopic (exact) mass is 326 g/mol. The first-order chi connectivity index (χ1) is 9.89. The summed E-state index contributed by atoms with van der Waals surface area (Å²) in [6.45, 7) is 2.05. The van der Waals surface area contributed by atoms with E-state index in [9.17, 15) is 17.4 Å². The lowest BCUT2D eigenvalue weighted by Gasteiger charge is -2.33. The predicted octanol–water partition coefficient (Wildman–Crippen LogP) is 2.29. The van der Waals surface area contributed by atoms with Crippen LogP contribution in [0.2, 0.25) is 0 Å². The Bertz CT molecular complexity index is 365. The van der Waals surface area contributed by atoms with Gasteiger partial charge in [0, 0.05) is 41.7 Å². The molecule has 0 radical (unpaired) electrons. The summed E-state index contributed by atoms with van der Waals surface area (Å²) in [6.07, 6.45) is 0.820.